The number of aliphatic hydroxyl groups is 2. The zero-order chi connectivity index (χ0) is 26.5. The number of fused-ring (bicyclic) bond motifs is 2. The Hall–Kier alpha value is -3.79. The van der Waals surface area contributed by atoms with Crippen LogP contribution in [0.5, 0.6) is 0 Å². The lowest BCUT2D eigenvalue weighted by Gasteiger charge is -2.20. The number of aromatic nitrogens is 1. The molecule has 9 nitrogen and oxygen atoms in total. The summed E-state index contributed by atoms with van der Waals surface area (Å²) in [5.41, 5.74) is 6.71. The summed E-state index contributed by atoms with van der Waals surface area (Å²) in [4.78, 5) is 16.1. The van der Waals surface area contributed by atoms with Crippen molar-refractivity contribution in [3.05, 3.63) is 71.8 Å². The molecule has 0 fully saturated rings. The summed E-state index contributed by atoms with van der Waals surface area (Å²) in [5, 5.41) is 33.5. The second-order valence-electron chi connectivity index (χ2n) is 9.78. The van der Waals surface area contributed by atoms with Crippen LogP contribution in [0.2, 0.25) is 0 Å². The molecule has 1 amide bonds. The molecule has 2 heterocycles. The molecule has 0 aliphatic carbocycles. The fourth-order valence-electron chi connectivity index (χ4n) is 4.80. The minimum absolute atomic E-state index is 0.0390. The number of oxazole rings is 1. The van der Waals surface area contributed by atoms with Gasteiger partial charge in [-0.25, -0.2) is 5.43 Å². The molecule has 4 aromatic rings. The largest absolute Gasteiger partial charge is 0.424 e. The van der Waals surface area contributed by atoms with Crippen LogP contribution in [0, 0.1) is 5.92 Å². The predicted molar refractivity (Wildman–Crippen MR) is 148 cm³/mol. The maximum absolute atomic E-state index is 11.5. The average molecular weight is 516 g/mol. The number of aliphatic hydroxyl groups excluding tert-OH is 2. The number of anilines is 1. The number of hydrogen-bond acceptors (Lipinski definition) is 8. The molecule has 38 heavy (non-hydrogen) atoms. The van der Waals surface area contributed by atoms with Crippen molar-refractivity contribution in [3.8, 4) is 0 Å². The number of rotatable bonds is 11. The van der Waals surface area contributed by atoms with Crippen molar-refractivity contribution < 1.29 is 19.4 Å². The fraction of sp³-hybridized carbons (Fsp3) is 0.345. The number of nitrogens with zero attached hydrogens (tertiary/aromatic N) is 2. The van der Waals surface area contributed by atoms with Gasteiger partial charge in [0, 0.05) is 30.9 Å². The lowest BCUT2D eigenvalue weighted by molar-refractivity contribution is -0.121. The molecule has 5 N–H and O–H groups in total. The van der Waals surface area contributed by atoms with Gasteiger partial charge >= 0.3 is 0 Å². The first kappa shape index (κ1) is 25.8. The van der Waals surface area contributed by atoms with Gasteiger partial charge in [-0.1, -0.05) is 49.4 Å². The standard InChI is InChI=1S/C29H33N5O4/c1-18-15-26(36)33-34-27(18)21-11-12-25-23(16-21)32-29(38-25)31-14-5-4-13-30-28(37)24(35)17-20-9-6-8-19-7-2-3-10-22(19)20/h2-3,6-12,16,18,24,28,30,35,37H,4-5,13-15,17H2,1H3,(H,31,32)(H,33,36). The molecule has 0 spiro atoms. The van der Waals surface area contributed by atoms with Gasteiger partial charge in [-0.3, -0.25) is 10.1 Å². The Balaban J connectivity index is 1.05. The van der Waals surface area contributed by atoms with Crippen LogP contribution in [0.3, 0.4) is 0 Å². The monoisotopic (exact) mass is 515 g/mol. The van der Waals surface area contributed by atoms with Gasteiger partial charge in [0.15, 0.2) is 5.58 Å². The molecule has 1 aliphatic heterocycles. The van der Waals surface area contributed by atoms with Gasteiger partial charge in [-0.05, 0) is 53.9 Å². The van der Waals surface area contributed by atoms with Crippen LogP contribution in [0.4, 0.5) is 6.01 Å². The second kappa shape index (κ2) is 11.7. The first-order valence-corrected chi connectivity index (χ1v) is 13.1. The van der Waals surface area contributed by atoms with Crippen LogP contribution in [-0.2, 0) is 11.2 Å². The minimum atomic E-state index is -1.00. The van der Waals surface area contributed by atoms with Crippen molar-refractivity contribution in [1.82, 2.24) is 15.7 Å². The third-order valence-corrected chi connectivity index (χ3v) is 6.85. The van der Waals surface area contributed by atoms with Crippen molar-refractivity contribution in [2.24, 2.45) is 11.0 Å². The molecule has 0 radical (unpaired) electrons. The third-order valence-electron chi connectivity index (χ3n) is 6.85. The Bertz CT molecular complexity index is 1440. The van der Waals surface area contributed by atoms with Gasteiger partial charge in [0.05, 0.1) is 11.8 Å². The summed E-state index contributed by atoms with van der Waals surface area (Å²) in [7, 11) is 0. The molecule has 0 bridgehead atoms. The fourth-order valence-corrected chi connectivity index (χ4v) is 4.80. The van der Waals surface area contributed by atoms with E-state index in [2.05, 4.69) is 26.1 Å². The molecule has 198 valence electrons. The Morgan fingerprint density at radius 3 is 2.76 bits per heavy atom. The van der Waals surface area contributed by atoms with E-state index in [0.717, 1.165) is 46.0 Å². The highest BCUT2D eigenvalue weighted by atomic mass is 16.4. The van der Waals surface area contributed by atoms with Crippen LogP contribution >= 0.6 is 0 Å². The van der Waals surface area contributed by atoms with Crippen molar-refractivity contribution in [2.75, 3.05) is 18.4 Å². The van der Waals surface area contributed by atoms with Gasteiger partial charge in [0.25, 0.3) is 6.01 Å². The molecule has 3 unspecified atom stereocenters. The van der Waals surface area contributed by atoms with Crippen molar-refractivity contribution >= 4 is 39.5 Å². The minimum Gasteiger partial charge on any atom is -0.424 e. The second-order valence-corrected chi connectivity index (χ2v) is 9.78. The van der Waals surface area contributed by atoms with Crippen LogP contribution in [0.25, 0.3) is 21.9 Å². The molecule has 1 aromatic heterocycles. The van der Waals surface area contributed by atoms with Gasteiger partial charge in [-0.15, -0.1) is 0 Å². The molecule has 5 rings (SSSR count). The van der Waals surface area contributed by atoms with Crippen LogP contribution in [0.15, 0.2) is 70.2 Å². The molecule has 1 aliphatic rings. The molecular formula is C29H33N5O4. The Labute approximate surface area is 221 Å². The van der Waals surface area contributed by atoms with Crippen molar-refractivity contribution in [2.45, 2.75) is 44.9 Å². The molecule has 3 aromatic carbocycles. The van der Waals surface area contributed by atoms with Gasteiger partial charge in [0.1, 0.15) is 11.7 Å². The third kappa shape index (κ3) is 6.02. The SMILES string of the molecule is CC1CC(=O)NN=C1c1ccc2oc(NCCCCNC(O)C(O)Cc3cccc4ccccc34)nc2c1. The number of hydrazone groups is 1. The summed E-state index contributed by atoms with van der Waals surface area (Å²) in [6, 6.07) is 20.2. The van der Waals surface area contributed by atoms with E-state index >= 15 is 0 Å². The zero-order valence-corrected chi connectivity index (χ0v) is 21.4. The van der Waals surface area contributed by atoms with Gasteiger partial charge < -0.3 is 19.9 Å². The molecule has 9 heteroatoms. The number of hydrogen-bond donors (Lipinski definition) is 5. The van der Waals surface area contributed by atoms with Crippen molar-refractivity contribution in [3.63, 3.8) is 0 Å². The summed E-state index contributed by atoms with van der Waals surface area (Å²) in [6.07, 6.45) is 0.519. The number of unbranched alkanes of at least 4 members (excludes halogenated alkanes) is 1. The molecule has 0 saturated carbocycles. The number of benzene rings is 3. The number of nitrogens with one attached hydrogen (secondary N) is 3. The lowest BCUT2D eigenvalue weighted by atomic mass is 9.94. The predicted octanol–water partition coefficient (Wildman–Crippen LogP) is 3.54. The van der Waals surface area contributed by atoms with E-state index < -0.39 is 12.3 Å². The quantitative estimate of drug-likeness (QED) is 0.152. The normalized spacial score (nSPS) is 17.3. The van der Waals surface area contributed by atoms with Gasteiger partial charge in [-0.2, -0.15) is 10.1 Å². The smallest absolute Gasteiger partial charge is 0.295 e. The molecule has 3 atom stereocenters. The highest BCUT2D eigenvalue weighted by molar-refractivity contribution is 6.07. The topological polar surface area (TPSA) is 132 Å². The molecular weight excluding hydrogens is 482 g/mol. The first-order valence-electron chi connectivity index (χ1n) is 13.1. The van der Waals surface area contributed by atoms with Crippen molar-refractivity contribution in [1.29, 1.82) is 0 Å². The summed E-state index contributed by atoms with van der Waals surface area (Å²) in [5.74, 6) is -0.0331. The van der Waals surface area contributed by atoms with Crippen LogP contribution in [0.1, 0.15) is 37.3 Å². The van der Waals surface area contributed by atoms with E-state index in [1.54, 1.807) is 0 Å². The van der Waals surface area contributed by atoms with E-state index in [0.29, 0.717) is 37.5 Å². The maximum Gasteiger partial charge on any atom is 0.295 e. The van der Waals surface area contributed by atoms with Crippen LogP contribution in [-0.4, -0.2) is 52.2 Å². The highest BCUT2D eigenvalue weighted by Gasteiger charge is 2.22. The van der Waals surface area contributed by atoms with Crippen LogP contribution < -0.4 is 16.1 Å². The van der Waals surface area contributed by atoms with E-state index in [4.69, 9.17) is 4.42 Å². The maximum atomic E-state index is 11.5. The number of amides is 1. The lowest BCUT2D eigenvalue weighted by Crippen LogP contribution is -2.41. The molecule has 0 saturated heterocycles. The zero-order valence-electron chi connectivity index (χ0n) is 21.4. The van der Waals surface area contributed by atoms with E-state index in [-0.39, 0.29) is 11.8 Å². The van der Waals surface area contributed by atoms with E-state index in [1.165, 1.54) is 0 Å². The van der Waals surface area contributed by atoms with Gasteiger partial charge in [0.2, 0.25) is 5.91 Å². The Morgan fingerprint density at radius 1 is 1.08 bits per heavy atom. The average Bonchev–Trinajstić information content (AvgIpc) is 3.32. The number of carbonyl (C=O) groups is 1. The highest BCUT2D eigenvalue weighted by Crippen LogP contribution is 2.24. The van der Waals surface area contributed by atoms with E-state index in [9.17, 15) is 15.0 Å². The summed E-state index contributed by atoms with van der Waals surface area (Å²) < 4.78 is 5.80. The first-order chi connectivity index (χ1) is 18.5. The van der Waals surface area contributed by atoms with E-state index in [1.807, 2.05) is 67.6 Å². The number of carbonyl (C=O) groups excluding carboxylic acids is 1. The summed E-state index contributed by atoms with van der Waals surface area (Å²) in [6.45, 7) is 3.21. The Morgan fingerprint density at radius 2 is 1.89 bits per heavy atom. The Kier molecular flexibility index (Phi) is 7.97. The summed E-state index contributed by atoms with van der Waals surface area (Å²) >= 11 is 0.